The van der Waals surface area contributed by atoms with Crippen LogP contribution in [0.3, 0.4) is 0 Å². The fraction of sp³-hybridized carbons (Fsp3) is 0.320. The van der Waals surface area contributed by atoms with Gasteiger partial charge < -0.3 is 24.6 Å². The number of rotatable bonds is 11. The maximum Gasteiger partial charge on any atom is 0.412 e. The summed E-state index contributed by atoms with van der Waals surface area (Å²) in [6.45, 7) is -0.0828. The van der Waals surface area contributed by atoms with Crippen LogP contribution in [-0.4, -0.2) is 53.6 Å². The maximum absolute atomic E-state index is 13.7. The van der Waals surface area contributed by atoms with E-state index in [9.17, 15) is 14.0 Å². The Kier molecular flexibility index (Phi) is 10.6. The average molecular weight is 553 g/mol. The van der Waals surface area contributed by atoms with E-state index in [1.54, 1.807) is 43.4 Å². The van der Waals surface area contributed by atoms with E-state index in [0.29, 0.717) is 35.6 Å². The number of ether oxygens (including phenoxy) is 1. The Morgan fingerprint density at radius 2 is 1.95 bits per heavy atom. The Morgan fingerprint density at radius 3 is 2.68 bits per heavy atom. The number of unbranched alkanes of at least 4 members (excludes halogenated alkanes) is 1. The highest BCUT2D eigenvalue weighted by Crippen LogP contribution is 2.24. The van der Waals surface area contributed by atoms with Crippen molar-refractivity contribution in [2.75, 3.05) is 25.6 Å². The molecule has 1 atom stereocenters. The van der Waals surface area contributed by atoms with Crippen LogP contribution in [0.25, 0.3) is 11.3 Å². The van der Waals surface area contributed by atoms with Gasteiger partial charge in [0.25, 0.3) is 0 Å². The van der Waals surface area contributed by atoms with Crippen molar-refractivity contribution in [1.29, 1.82) is 0 Å². The minimum Gasteiger partial charge on any atom is -0.447 e. The van der Waals surface area contributed by atoms with Crippen LogP contribution in [0.1, 0.15) is 24.8 Å². The lowest BCUT2D eigenvalue weighted by atomic mass is 10.1. The first kappa shape index (κ1) is 28.2. The maximum atomic E-state index is 13.7. The summed E-state index contributed by atoms with van der Waals surface area (Å²) in [6, 6.07) is 11.9. The number of aliphatic hydroxyl groups excluding tert-OH is 1. The summed E-state index contributed by atoms with van der Waals surface area (Å²) in [4.78, 5) is 26.5. The number of amides is 3. The molecule has 1 heterocycles. The van der Waals surface area contributed by atoms with Crippen molar-refractivity contribution in [2.45, 2.75) is 31.8 Å². The largest absolute Gasteiger partial charge is 0.447 e. The van der Waals surface area contributed by atoms with E-state index >= 15 is 0 Å². The molecule has 37 heavy (non-hydrogen) atoms. The van der Waals surface area contributed by atoms with Gasteiger partial charge in [-0.25, -0.2) is 14.0 Å². The number of urea groups is 1. The molecule has 3 rings (SSSR count). The van der Waals surface area contributed by atoms with Gasteiger partial charge in [-0.3, -0.25) is 5.32 Å². The molecule has 0 bridgehead atoms. The molecule has 0 saturated carbocycles. The Hall–Kier alpha value is -3.34. The number of likely N-dealkylation sites (N-methyl/N-ethyl adjacent to an activating group) is 1. The van der Waals surface area contributed by atoms with Crippen molar-refractivity contribution < 1.29 is 28.3 Å². The number of carbonyl (C=O) groups is 2. The molecule has 0 aliphatic carbocycles. The highest BCUT2D eigenvalue weighted by molar-refractivity contribution is 6.31. The second-order valence-corrected chi connectivity index (χ2v) is 8.98. The molecule has 9 nitrogen and oxygen atoms in total. The van der Waals surface area contributed by atoms with E-state index in [-0.39, 0.29) is 30.6 Å². The molecule has 2 aromatic carbocycles. The summed E-state index contributed by atoms with van der Waals surface area (Å²) in [7, 11) is 1.56. The molecule has 3 aromatic rings. The normalized spacial score (nSPS) is 11.6. The van der Waals surface area contributed by atoms with Gasteiger partial charge in [-0.15, -0.1) is 0 Å². The minimum absolute atomic E-state index is 0.00412. The number of hydrogen-bond acceptors (Lipinski definition) is 6. The third kappa shape index (κ3) is 8.34. The lowest BCUT2D eigenvalue weighted by molar-refractivity contribution is 0.112. The monoisotopic (exact) mass is 552 g/mol. The van der Waals surface area contributed by atoms with Gasteiger partial charge in [0, 0.05) is 36.9 Å². The van der Waals surface area contributed by atoms with Crippen LogP contribution in [0.2, 0.25) is 10.0 Å². The van der Waals surface area contributed by atoms with E-state index in [1.165, 1.54) is 17.0 Å². The van der Waals surface area contributed by atoms with Gasteiger partial charge in [-0.1, -0.05) is 40.5 Å². The number of hydrogen-bond donors (Lipinski definition) is 3. The zero-order valence-corrected chi connectivity index (χ0v) is 21.6. The molecule has 12 heteroatoms. The van der Waals surface area contributed by atoms with Crippen LogP contribution in [0.5, 0.6) is 0 Å². The predicted octanol–water partition coefficient (Wildman–Crippen LogP) is 5.71. The number of carbonyl (C=O) groups excluding carboxylic acids is 2. The minimum atomic E-state index is -0.775. The molecule has 3 amide bonds. The van der Waals surface area contributed by atoms with Crippen molar-refractivity contribution >= 4 is 41.1 Å². The number of benzene rings is 2. The van der Waals surface area contributed by atoms with Gasteiger partial charge in [0.1, 0.15) is 12.4 Å². The van der Waals surface area contributed by atoms with Crippen LogP contribution < -0.4 is 10.6 Å². The molecular formula is C25H27Cl2FN4O5. The van der Waals surface area contributed by atoms with Gasteiger partial charge >= 0.3 is 12.1 Å². The first-order valence-electron chi connectivity index (χ1n) is 11.5. The van der Waals surface area contributed by atoms with E-state index in [0.717, 1.165) is 5.56 Å². The van der Waals surface area contributed by atoms with E-state index < -0.39 is 24.0 Å². The lowest BCUT2D eigenvalue weighted by Gasteiger charge is -2.28. The average Bonchev–Trinajstić information content (AvgIpc) is 3.35. The molecule has 0 unspecified atom stereocenters. The molecule has 0 aliphatic rings. The second kappa shape index (κ2) is 13.8. The van der Waals surface area contributed by atoms with E-state index in [2.05, 4.69) is 15.8 Å². The molecule has 198 valence electrons. The van der Waals surface area contributed by atoms with Crippen LogP contribution >= 0.6 is 23.2 Å². The van der Waals surface area contributed by atoms with E-state index in [4.69, 9.17) is 37.6 Å². The molecule has 0 spiro atoms. The van der Waals surface area contributed by atoms with Gasteiger partial charge in [0.15, 0.2) is 11.6 Å². The smallest absolute Gasteiger partial charge is 0.412 e. The number of halogens is 3. The molecule has 0 aliphatic heterocycles. The first-order chi connectivity index (χ1) is 17.8. The fourth-order valence-electron chi connectivity index (χ4n) is 3.42. The third-order valence-electron chi connectivity index (χ3n) is 5.55. The van der Waals surface area contributed by atoms with Crippen molar-refractivity contribution in [3.05, 3.63) is 70.0 Å². The Morgan fingerprint density at radius 1 is 1.19 bits per heavy atom. The quantitative estimate of drug-likeness (QED) is 0.262. The Labute approximate surface area is 223 Å². The molecule has 0 saturated heterocycles. The topological polar surface area (TPSA) is 117 Å². The number of aromatic nitrogens is 1. The van der Waals surface area contributed by atoms with Gasteiger partial charge in [0.05, 0.1) is 11.1 Å². The number of anilines is 1. The van der Waals surface area contributed by atoms with Crippen molar-refractivity contribution in [3.8, 4) is 11.3 Å². The van der Waals surface area contributed by atoms with Crippen molar-refractivity contribution in [1.82, 2.24) is 15.4 Å². The van der Waals surface area contributed by atoms with Crippen molar-refractivity contribution in [3.63, 3.8) is 0 Å². The van der Waals surface area contributed by atoms with E-state index in [1.807, 2.05) is 0 Å². The van der Waals surface area contributed by atoms with Gasteiger partial charge in [0.2, 0.25) is 0 Å². The SMILES string of the molecule is CN(C(=O)NCc1cccc(F)c1Cl)[C@@H](CCCCO)COC(=O)Nc1cc(-c2ccc(Cl)cc2)on1. The molecule has 1 aromatic heterocycles. The molecule has 0 fully saturated rings. The van der Waals surface area contributed by atoms with Crippen LogP contribution in [0, 0.1) is 5.82 Å². The van der Waals surface area contributed by atoms with Gasteiger partial charge in [-0.2, -0.15) is 0 Å². The predicted molar refractivity (Wildman–Crippen MR) is 138 cm³/mol. The summed E-state index contributed by atoms with van der Waals surface area (Å²) < 4.78 is 24.2. The van der Waals surface area contributed by atoms with Crippen LogP contribution in [0.4, 0.5) is 19.8 Å². The Balaban J connectivity index is 1.55. The lowest BCUT2D eigenvalue weighted by Crippen LogP contribution is -2.46. The number of nitrogens with zero attached hydrogens (tertiary/aromatic N) is 2. The molecule has 0 radical (unpaired) electrons. The Bertz CT molecular complexity index is 1190. The summed E-state index contributed by atoms with van der Waals surface area (Å²) in [5, 5.41) is 18.6. The molecule has 3 N–H and O–H groups in total. The van der Waals surface area contributed by atoms with Crippen LogP contribution in [-0.2, 0) is 11.3 Å². The fourth-order valence-corrected chi connectivity index (χ4v) is 3.74. The summed E-state index contributed by atoms with van der Waals surface area (Å²) in [5.41, 5.74) is 1.16. The highest BCUT2D eigenvalue weighted by atomic mass is 35.5. The standard InChI is InChI=1S/C25H27Cl2FN4O5/c1-32(24(34)29-14-17-5-4-7-20(28)23(17)27)19(6-2-3-12-33)15-36-25(35)30-22-13-21(37-31-22)16-8-10-18(26)11-9-16/h4-5,7-11,13,19,33H,2-3,6,12,14-15H2,1H3,(H,29,34)(H,30,31,35)/t19-/m0/s1. The zero-order valence-electron chi connectivity index (χ0n) is 20.0. The van der Waals surface area contributed by atoms with Gasteiger partial charge in [-0.05, 0) is 55.2 Å². The van der Waals surface area contributed by atoms with Crippen LogP contribution in [0.15, 0.2) is 53.1 Å². The number of aliphatic hydroxyl groups is 1. The molecular weight excluding hydrogens is 526 g/mol. The highest BCUT2D eigenvalue weighted by Gasteiger charge is 2.22. The summed E-state index contributed by atoms with van der Waals surface area (Å²) in [6.07, 6.45) is 0.836. The third-order valence-corrected chi connectivity index (χ3v) is 6.23. The summed E-state index contributed by atoms with van der Waals surface area (Å²) >= 11 is 11.8. The second-order valence-electron chi connectivity index (χ2n) is 8.16. The zero-order chi connectivity index (χ0) is 26.8. The number of nitrogens with one attached hydrogen (secondary N) is 2. The summed E-state index contributed by atoms with van der Waals surface area (Å²) in [5.74, 6) is 0.0176. The van der Waals surface area contributed by atoms with Crippen molar-refractivity contribution in [2.24, 2.45) is 0 Å². The first-order valence-corrected chi connectivity index (χ1v) is 12.2.